The number of H-pyrrole nitrogens is 1. The number of ketones is 1. The lowest BCUT2D eigenvalue weighted by Crippen LogP contribution is -2.30. The van der Waals surface area contributed by atoms with E-state index in [1.54, 1.807) is 30.3 Å². The van der Waals surface area contributed by atoms with E-state index < -0.39 is 17.7 Å². The number of Topliss-reactive ketones (excluding diaryl/α,β-unsaturated/α-hetero) is 1. The van der Waals surface area contributed by atoms with Crippen LogP contribution in [0.15, 0.2) is 78.4 Å². The first-order valence-corrected chi connectivity index (χ1v) is 10.6. The number of imidazole rings is 1. The number of para-hydroxylation sites is 2. The Bertz CT molecular complexity index is 1390. The minimum atomic E-state index is -0.969. The fourth-order valence-electron chi connectivity index (χ4n) is 4.17. The molecule has 7 nitrogen and oxygen atoms in total. The number of hydrogen-bond donors (Lipinski definition) is 3. The number of aromatic amines is 1. The Labute approximate surface area is 189 Å². The Morgan fingerprint density at radius 2 is 1.79 bits per heavy atom. The number of aliphatic hydroxyl groups is 1. The van der Waals surface area contributed by atoms with Gasteiger partial charge >= 0.3 is 5.91 Å². The summed E-state index contributed by atoms with van der Waals surface area (Å²) in [5.74, 6) is -1.74. The van der Waals surface area contributed by atoms with Gasteiger partial charge in [-0.1, -0.05) is 55.5 Å². The summed E-state index contributed by atoms with van der Waals surface area (Å²) < 4.78 is 0. The van der Waals surface area contributed by atoms with E-state index in [1.807, 2.05) is 37.3 Å². The lowest BCUT2D eigenvalue weighted by Gasteiger charge is -2.23. The lowest BCUT2D eigenvalue weighted by molar-refractivity contribution is -0.132. The zero-order chi connectivity index (χ0) is 23.1. The summed E-state index contributed by atoms with van der Waals surface area (Å²) in [5.41, 5.74) is 3.27. The molecule has 1 saturated heterocycles. The van der Waals surface area contributed by atoms with Gasteiger partial charge in [0.25, 0.3) is 5.78 Å². The van der Waals surface area contributed by atoms with Gasteiger partial charge in [-0.25, -0.2) is 4.98 Å². The highest BCUT2D eigenvalue weighted by molar-refractivity contribution is 6.51. The van der Waals surface area contributed by atoms with Crippen LogP contribution in [0.3, 0.4) is 0 Å². The SMILES string of the molecule is CCc1ccc(/C(O)=C2\C(=O)C(=O)N(c3nc4ccccc4[nH]3)C2c2cccc(O)c2)cc1. The molecule has 1 aliphatic rings. The van der Waals surface area contributed by atoms with Crippen molar-refractivity contribution >= 4 is 34.4 Å². The van der Waals surface area contributed by atoms with Crippen LogP contribution in [0.5, 0.6) is 5.75 Å². The molecule has 0 saturated carbocycles. The number of anilines is 1. The second-order valence-corrected chi connectivity index (χ2v) is 7.89. The van der Waals surface area contributed by atoms with Gasteiger partial charge in [-0.2, -0.15) is 0 Å². The quantitative estimate of drug-likeness (QED) is 0.247. The highest BCUT2D eigenvalue weighted by atomic mass is 16.3. The van der Waals surface area contributed by atoms with Gasteiger partial charge in [0.05, 0.1) is 22.6 Å². The van der Waals surface area contributed by atoms with Crippen molar-refractivity contribution in [2.24, 2.45) is 0 Å². The lowest BCUT2D eigenvalue weighted by atomic mass is 9.95. The van der Waals surface area contributed by atoms with E-state index in [0.29, 0.717) is 22.2 Å². The molecular weight excluding hydrogens is 418 g/mol. The van der Waals surface area contributed by atoms with Crippen molar-refractivity contribution < 1.29 is 19.8 Å². The molecule has 33 heavy (non-hydrogen) atoms. The van der Waals surface area contributed by atoms with E-state index >= 15 is 0 Å². The molecule has 0 spiro atoms. The zero-order valence-corrected chi connectivity index (χ0v) is 17.8. The predicted octanol–water partition coefficient (Wildman–Crippen LogP) is 4.46. The van der Waals surface area contributed by atoms with E-state index in [1.165, 1.54) is 17.0 Å². The molecule has 1 fully saturated rings. The Morgan fingerprint density at radius 1 is 1.03 bits per heavy atom. The first-order chi connectivity index (χ1) is 16.0. The van der Waals surface area contributed by atoms with Crippen LogP contribution in [-0.4, -0.2) is 31.9 Å². The maximum atomic E-state index is 13.2. The molecule has 0 radical (unpaired) electrons. The molecule has 0 bridgehead atoms. The smallest absolute Gasteiger partial charge is 0.302 e. The van der Waals surface area contributed by atoms with Crippen molar-refractivity contribution in [3.63, 3.8) is 0 Å². The molecule has 3 N–H and O–H groups in total. The van der Waals surface area contributed by atoms with Gasteiger partial charge in [0.15, 0.2) is 0 Å². The third-order valence-corrected chi connectivity index (χ3v) is 5.87. The van der Waals surface area contributed by atoms with Crippen LogP contribution >= 0.6 is 0 Å². The van der Waals surface area contributed by atoms with Crippen LogP contribution in [0.2, 0.25) is 0 Å². The van der Waals surface area contributed by atoms with Crippen LogP contribution in [0.1, 0.15) is 29.7 Å². The number of aryl methyl sites for hydroxylation is 1. The van der Waals surface area contributed by atoms with Crippen molar-refractivity contribution in [1.82, 2.24) is 9.97 Å². The molecule has 164 valence electrons. The fourth-order valence-corrected chi connectivity index (χ4v) is 4.17. The molecule has 5 rings (SSSR count). The largest absolute Gasteiger partial charge is 0.508 e. The number of aliphatic hydroxyl groups excluding tert-OH is 1. The Morgan fingerprint density at radius 3 is 2.48 bits per heavy atom. The van der Waals surface area contributed by atoms with Crippen LogP contribution in [0, 0.1) is 0 Å². The van der Waals surface area contributed by atoms with E-state index in [0.717, 1.165) is 12.0 Å². The second kappa shape index (κ2) is 7.94. The van der Waals surface area contributed by atoms with Gasteiger partial charge in [0, 0.05) is 5.56 Å². The van der Waals surface area contributed by atoms with Crippen LogP contribution in [0.25, 0.3) is 16.8 Å². The minimum Gasteiger partial charge on any atom is -0.508 e. The number of carbonyl (C=O) groups excluding carboxylic acids is 2. The molecular formula is C26H21N3O4. The van der Waals surface area contributed by atoms with Crippen molar-refractivity contribution in [2.45, 2.75) is 19.4 Å². The van der Waals surface area contributed by atoms with E-state index in [9.17, 15) is 19.8 Å². The third kappa shape index (κ3) is 3.43. The molecule has 1 unspecified atom stereocenters. The summed E-state index contributed by atoms with van der Waals surface area (Å²) in [5, 5.41) is 21.2. The second-order valence-electron chi connectivity index (χ2n) is 7.89. The van der Waals surface area contributed by atoms with Gasteiger partial charge in [0.1, 0.15) is 11.5 Å². The number of fused-ring (bicyclic) bond motifs is 1. The number of aromatic nitrogens is 2. The monoisotopic (exact) mass is 439 g/mol. The van der Waals surface area contributed by atoms with Crippen molar-refractivity contribution in [1.29, 1.82) is 0 Å². The minimum absolute atomic E-state index is 0.0185. The van der Waals surface area contributed by atoms with Gasteiger partial charge in [0.2, 0.25) is 5.95 Å². The van der Waals surface area contributed by atoms with Gasteiger partial charge < -0.3 is 15.2 Å². The van der Waals surface area contributed by atoms with Crippen molar-refractivity contribution in [3.8, 4) is 5.75 Å². The van der Waals surface area contributed by atoms with Crippen molar-refractivity contribution in [3.05, 3.63) is 95.1 Å². The molecule has 3 aromatic carbocycles. The average Bonchev–Trinajstić information content (AvgIpc) is 3.37. The number of amides is 1. The van der Waals surface area contributed by atoms with Crippen LogP contribution in [0.4, 0.5) is 5.95 Å². The predicted molar refractivity (Wildman–Crippen MR) is 125 cm³/mol. The summed E-state index contributed by atoms with van der Waals surface area (Å²) in [7, 11) is 0. The average molecular weight is 439 g/mol. The molecule has 7 heteroatoms. The molecule has 1 atom stereocenters. The Hall–Kier alpha value is -4.39. The number of nitrogens with one attached hydrogen (secondary N) is 1. The molecule has 1 aliphatic heterocycles. The third-order valence-electron chi connectivity index (χ3n) is 5.87. The number of hydrogen-bond acceptors (Lipinski definition) is 5. The zero-order valence-electron chi connectivity index (χ0n) is 17.8. The summed E-state index contributed by atoms with van der Waals surface area (Å²) in [4.78, 5) is 35.2. The first kappa shape index (κ1) is 20.5. The number of benzene rings is 3. The number of carbonyl (C=O) groups is 2. The number of nitrogens with zero attached hydrogens (tertiary/aromatic N) is 2. The number of phenols is 1. The highest BCUT2D eigenvalue weighted by Gasteiger charge is 2.48. The van der Waals surface area contributed by atoms with Gasteiger partial charge in [-0.15, -0.1) is 0 Å². The number of phenolic OH excluding ortho intramolecular Hbond substituents is 1. The Balaban J connectivity index is 1.72. The normalized spacial score (nSPS) is 17.7. The summed E-state index contributed by atoms with van der Waals surface area (Å²) >= 11 is 0. The molecule has 2 heterocycles. The first-order valence-electron chi connectivity index (χ1n) is 10.6. The number of aromatic hydroxyl groups is 1. The van der Waals surface area contributed by atoms with Crippen LogP contribution in [-0.2, 0) is 16.0 Å². The van der Waals surface area contributed by atoms with Gasteiger partial charge in [-0.05, 0) is 41.8 Å². The number of rotatable bonds is 4. The van der Waals surface area contributed by atoms with E-state index in [2.05, 4.69) is 9.97 Å². The van der Waals surface area contributed by atoms with Crippen LogP contribution < -0.4 is 4.90 Å². The summed E-state index contributed by atoms with van der Waals surface area (Å²) in [6, 6.07) is 19.8. The molecule has 1 aromatic heterocycles. The molecule has 4 aromatic rings. The summed E-state index contributed by atoms with van der Waals surface area (Å²) in [6.07, 6.45) is 0.834. The Kier molecular flexibility index (Phi) is 4.94. The standard InChI is InChI=1S/C26H21N3O4/c1-2-15-10-12-16(13-11-15)23(31)21-22(17-6-5-7-18(30)14-17)29(25(33)24(21)32)26-27-19-8-3-4-9-20(19)28-26/h3-14,22,30-31H,2H2,1H3,(H,27,28)/b23-21+. The van der Waals surface area contributed by atoms with Crippen molar-refractivity contribution in [2.75, 3.05) is 4.90 Å². The van der Waals surface area contributed by atoms with E-state index in [-0.39, 0.29) is 23.0 Å². The topological polar surface area (TPSA) is 107 Å². The molecule has 0 aliphatic carbocycles. The summed E-state index contributed by atoms with van der Waals surface area (Å²) in [6.45, 7) is 2.02. The maximum Gasteiger partial charge on any atom is 0.302 e. The van der Waals surface area contributed by atoms with Gasteiger partial charge in [-0.3, -0.25) is 14.5 Å². The fraction of sp³-hybridized carbons (Fsp3) is 0.115. The highest BCUT2D eigenvalue weighted by Crippen LogP contribution is 2.42. The van der Waals surface area contributed by atoms with E-state index in [4.69, 9.17) is 0 Å². The maximum absolute atomic E-state index is 13.2. The molecule has 1 amide bonds.